The first-order valence-electron chi connectivity index (χ1n) is 7.68. The van der Waals surface area contributed by atoms with Crippen LogP contribution in [0.15, 0.2) is 30.3 Å². The number of hydrogen-bond donors (Lipinski definition) is 1. The zero-order valence-corrected chi connectivity index (χ0v) is 13.6. The van der Waals surface area contributed by atoms with E-state index in [0.29, 0.717) is 26.2 Å². The van der Waals surface area contributed by atoms with Crippen molar-refractivity contribution in [1.29, 1.82) is 0 Å². The molecule has 6 nitrogen and oxygen atoms in total. The minimum absolute atomic E-state index is 0.0558. The topological polar surface area (TPSA) is 75.9 Å². The van der Waals surface area contributed by atoms with Gasteiger partial charge in [0.05, 0.1) is 7.11 Å². The van der Waals surface area contributed by atoms with E-state index >= 15 is 0 Å². The number of carbonyl (C=O) groups is 2. The van der Waals surface area contributed by atoms with Gasteiger partial charge in [-0.2, -0.15) is 0 Å². The van der Waals surface area contributed by atoms with E-state index in [2.05, 4.69) is 0 Å². The van der Waals surface area contributed by atoms with Crippen molar-refractivity contribution in [3.8, 4) is 5.75 Å². The Kier molecular flexibility index (Phi) is 5.62. The summed E-state index contributed by atoms with van der Waals surface area (Å²) in [4.78, 5) is 27.0. The predicted molar refractivity (Wildman–Crippen MR) is 89.0 cm³/mol. The lowest BCUT2D eigenvalue weighted by Crippen LogP contribution is -2.39. The van der Waals surface area contributed by atoms with Crippen LogP contribution in [0.2, 0.25) is 0 Å². The molecule has 6 heteroatoms. The number of ether oxygens (including phenoxy) is 1. The molecule has 1 aromatic carbocycles. The van der Waals surface area contributed by atoms with E-state index in [1.54, 1.807) is 23.0 Å². The quantitative estimate of drug-likeness (QED) is 0.862. The summed E-state index contributed by atoms with van der Waals surface area (Å²) in [7, 11) is 1.61. The zero-order valence-electron chi connectivity index (χ0n) is 13.6. The number of urea groups is 1. The van der Waals surface area contributed by atoms with Gasteiger partial charge >= 0.3 is 6.03 Å². The molecule has 0 bridgehead atoms. The number of nitrogens with zero attached hydrogens (tertiary/aromatic N) is 2. The van der Waals surface area contributed by atoms with Crippen LogP contribution in [0.4, 0.5) is 4.79 Å². The highest BCUT2D eigenvalue weighted by atomic mass is 16.5. The first-order valence-corrected chi connectivity index (χ1v) is 7.68. The average molecular weight is 317 g/mol. The van der Waals surface area contributed by atoms with Crippen LogP contribution < -0.4 is 10.5 Å². The molecular weight excluding hydrogens is 294 g/mol. The number of para-hydroxylation sites is 1. The van der Waals surface area contributed by atoms with Gasteiger partial charge < -0.3 is 20.3 Å². The fraction of sp³-hybridized carbons (Fsp3) is 0.412. The van der Waals surface area contributed by atoms with Crippen LogP contribution in [0.3, 0.4) is 0 Å². The van der Waals surface area contributed by atoms with Crippen molar-refractivity contribution >= 4 is 17.5 Å². The number of allylic oxidation sites excluding steroid dienone is 1. The molecule has 1 saturated heterocycles. The lowest BCUT2D eigenvalue weighted by Gasteiger charge is -2.20. The number of rotatable bonds is 3. The summed E-state index contributed by atoms with van der Waals surface area (Å²) in [6.07, 6.45) is 2.36. The number of amides is 3. The first-order chi connectivity index (χ1) is 11.0. The molecule has 0 spiro atoms. The highest BCUT2D eigenvalue weighted by Crippen LogP contribution is 2.25. The summed E-state index contributed by atoms with van der Waals surface area (Å²) >= 11 is 0. The normalized spacial score (nSPS) is 16.0. The molecule has 2 rings (SSSR count). The van der Waals surface area contributed by atoms with Crippen molar-refractivity contribution in [3.63, 3.8) is 0 Å². The molecule has 1 aliphatic rings. The number of hydrogen-bond acceptors (Lipinski definition) is 3. The van der Waals surface area contributed by atoms with Crippen molar-refractivity contribution in [2.45, 2.75) is 13.3 Å². The highest BCUT2D eigenvalue weighted by Gasteiger charge is 2.20. The van der Waals surface area contributed by atoms with Crippen LogP contribution >= 0.6 is 0 Å². The summed E-state index contributed by atoms with van der Waals surface area (Å²) in [5.41, 5.74) is 7.05. The summed E-state index contributed by atoms with van der Waals surface area (Å²) in [6.45, 7) is 4.08. The van der Waals surface area contributed by atoms with E-state index in [9.17, 15) is 9.59 Å². The molecule has 124 valence electrons. The maximum absolute atomic E-state index is 12.5. The maximum Gasteiger partial charge on any atom is 0.314 e. The second kappa shape index (κ2) is 7.67. The molecule has 3 amide bonds. The number of benzene rings is 1. The van der Waals surface area contributed by atoms with Crippen molar-refractivity contribution in [2.75, 3.05) is 33.3 Å². The van der Waals surface area contributed by atoms with Gasteiger partial charge in [0.2, 0.25) is 5.91 Å². The van der Waals surface area contributed by atoms with Crippen molar-refractivity contribution < 1.29 is 14.3 Å². The van der Waals surface area contributed by atoms with Gasteiger partial charge in [-0.1, -0.05) is 18.2 Å². The Labute approximate surface area is 136 Å². The van der Waals surface area contributed by atoms with Gasteiger partial charge in [0.25, 0.3) is 0 Å². The van der Waals surface area contributed by atoms with E-state index in [4.69, 9.17) is 10.5 Å². The molecule has 0 aromatic heterocycles. The van der Waals surface area contributed by atoms with Crippen molar-refractivity contribution in [2.24, 2.45) is 5.73 Å². The molecule has 0 radical (unpaired) electrons. The molecule has 0 saturated carbocycles. The van der Waals surface area contributed by atoms with Crippen molar-refractivity contribution in [1.82, 2.24) is 9.80 Å². The second-order valence-electron chi connectivity index (χ2n) is 5.53. The Hall–Kier alpha value is -2.50. The maximum atomic E-state index is 12.5. The molecular formula is C17H23N3O3. The van der Waals surface area contributed by atoms with Gasteiger partial charge in [0.1, 0.15) is 5.75 Å². The van der Waals surface area contributed by atoms with E-state index in [1.807, 2.05) is 31.2 Å². The van der Waals surface area contributed by atoms with E-state index in [0.717, 1.165) is 23.3 Å². The van der Waals surface area contributed by atoms with Crippen LogP contribution in [0, 0.1) is 0 Å². The third-order valence-corrected chi connectivity index (χ3v) is 3.99. The highest BCUT2D eigenvalue weighted by molar-refractivity contribution is 5.95. The van der Waals surface area contributed by atoms with Gasteiger partial charge in [0.15, 0.2) is 0 Å². The molecule has 0 atom stereocenters. The van der Waals surface area contributed by atoms with E-state index in [1.165, 1.54) is 0 Å². The fourth-order valence-electron chi connectivity index (χ4n) is 2.68. The van der Waals surface area contributed by atoms with Crippen molar-refractivity contribution in [3.05, 3.63) is 35.9 Å². The Bertz CT molecular complexity index is 613. The summed E-state index contributed by atoms with van der Waals surface area (Å²) in [5, 5.41) is 0. The van der Waals surface area contributed by atoms with Crippen LogP contribution in [0.25, 0.3) is 5.57 Å². The summed E-state index contributed by atoms with van der Waals surface area (Å²) in [6, 6.07) is 7.17. The number of nitrogens with two attached hydrogens (primary N) is 1. The van der Waals surface area contributed by atoms with Crippen LogP contribution in [0.5, 0.6) is 5.75 Å². The largest absolute Gasteiger partial charge is 0.496 e. The average Bonchev–Trinajstić information content (AvgIpc) is 2.81. The molecule has 1 fully saturated rings. The Balaban J connectivity index is 2.09. The number of methoxy groups -OCH3 is 1. The summed E-state index contributed by atoms with van der Waals surface area (Å²) < 4.78 is 5.33. The third kappa shape index (κ3) is 4.25. The monoisotopic (exact) mass is 317 g/mol. The van der Waals surface area contributed by atoms with Gasteiger partial charge in [-0.15, -0.1) is 0 Å². The fourth-order valence-corrected chi connectivity index (χ4v) is 2.68. The van der Waals surface area contributed by atoms with Gasteiger partial charge in [-0.3, -0.25) is 4.79 Å². The Morgan fingerprint density at radius 1 is 1.13 bits per heavy atom. The second-order valence-corrected chi connectivity index (χ2v) is 5.53. The number of carbonyl (C=O) groups excluding carboxylic acids is 2. The lowest BCUT2D eigenvalue weighted by molar-refractivity contribution is -0.125. The Morgan fingerprint density at radius 2 is 1.78 bits per heavy atom. The molecule has 1 heterocycles. The molecule has 0 unspecified atom stereocenters. The van der Waals surface area contributed by atoms with Crippen LogP contribution in [-0.2, 0) is 4.79 Å². The van der Waals surface area contributed by atoms with E-state index < -0.39 is 6.03 Å². The molecule has 23 heavy (non-hydrogen) atoms. The van der Waals surface area contributed by atoms with E-state index in [-0.39, 0.29) is 5.91 Å². The minimum atomic E-state index is -0.431. The third-order valence-electron chi connectivity index (χ3n) is 3.99. The summed E-state index contributed by atoms with van der Waals surface area (Å²) in [5.74, 6) is 0.685. The van der Waals surface area contributed by atoms with Gasteiger partial charge in [0, 0.05) is 37.8 Å². The molecule has 1 aromatic rings. The van der Waals surface area contributed by atoms with Gasteiger partial charge in [-0.25, -0.2) is 4.79 Å². The molecule has 1 aliphatic heterocycles. The minimum Gasteiger partial charge on any atom is -0.496 e. The Morgan fingerprint density at radius 3 is 2.48 bits per heavy atom. The molecule has 0 aliphatic carbocycles. The first kappa shape index (κ1) is 16.9. The van der Waals surface area contributed by atoms with Gasteiger partial charge in [-0.05, 0) is 25.0 Å². The smallest absolute Gasteiger partial charge is 0.314 e. The van der Waals surface area contributed by atoms with Crippen LogP contribution in [0.1, 0.15) is 18.9 Å². The zero-order chi connectivity index (χ0) is 16.8. The number of primary amides is 1. The lowest BCUT2D eigenvalue weighted by atomic mass is 10.1. The standard InChI is InChI=1S/C17H23N3O3/c1-13(14-6-3-4-7-15(14)23-2)12-16(21)19-8-5-9-20(11-10-19)17(18)22/h3-4,6-7,12H,5,8-11H2,1-2H3,(H2,18,22)/b13-12-. The molecule has 2 N–H and O–H groups in total. The predicted octanol–water partition coefficient (Wildman–Crippen LogP) is 1.71. The SMILES string of the molecule is COc1ccccc1/C(C)=C\C(=O)N1CCCN(C(N)=O)CC1. The van der Waals surface area contributed by atoms with Crippen LogP contribution in [-0.4, -0.2) is 55.0 Å².